The molecule has 0 radical (unpaired) electrons. The molecule has 0 amide bonds. The Balaban J connectivity index is 1.34. The number of benzene rings is 1. The van der Waals surface area contributed by atoms with E-state index in [4.69, 9.17) is 16.6 Å². The molecule has 1 atom stereocenters. The molecule has 2 aliphatic heterocycles. The molecule has 7 nitrogen and oxygen atoms in total. The van der Waals surface area contributed by atoms with Gasteiger partial charge in [-0.15, -0.1) is 21.5 Å². The van der Waals surface area contributed by atoms with Crippen molar-refractivity contribution in [1.82, 2.24) is 29.9 Å². The smallest absolute Gasteiger partial charge is 0.163 e. The number of thiophene rings is 1. The third-order valence-electron chi connectivity index (χ3n) is 7.38. The Morgan fingerprint density at radius 1 is 1.03 bits per heavy atom. The summed E-state index contributed by atoms with van der Waals surface area (Å²) in [5.41, 5.74) is 4.56. The maximum absolute atomic E-state index is 6.22. The Morgan fingerprint density at radius 3 is 2.53 bits per heavy atom. The number of aromatic nitrogens is 3. The van der Waals surface area contributed by atoms with Gasteiger partial charge in [0.25, 0.3) is 0 Å². The number of halogens is 1. The fourth-order valence-corrected chi connectivity index (χ4v) is 6.39. The number of likely N-dealkylation sites (N-methyl/N-ethyl adjacent to an activating group) is 1. The summed E-state index contributed by atoms with van der Waals surface area (Å²) in [7, 11) is 2.21. The van der Waals surface area contributed by atoms with E-state index in [0.29, 0.717) is 0 Å². The molecule has 1 saturated heterocycles. The molecule has 0 unspecified atom stereocenters. The lowest BCUT2D eigenvalue weighted by atomic mass is 9.99. The van der Waals surface area contributed by atoms with Crippen molar-refractivity contribution in [2.45, 2.75) is 39.7 Å². The van der Waals surface area contributed by atoms with E-state index in [0.717, 1.165) is 54.0 Å². The van der Waals surface area contributed by atoms with Crippen LogP contribution in [0.5, 0.6) is 0 Å². The van der Waals surface area contributed by atoms with Gasteiger partial charge in [-0.2, -0.15) is 0 Å². The molecule has 1 N–H and O–H groups in total. The van der Waals surface area contributed by atoms with Crippen molar-refractivity contribution in [3.63, 3.8) is 0 Å². The van der Waals surface area contributed by atoms with Crippen LogP contribution in [0.1, 0.15) is 52.1 Å². The zero-order chi connectivity index (χ0) is 25.2. The van der Waals surface area contributed by atoms with E-state index in [1.807, 2.05) is 19.1 Å². The van der Waals surface area contributed by atoms with E-state index in [-0.39, 0.29) is 6.04 Å². The normalized spacial score (nSPS) is 18.6. The first-order chi connectivity index (χ1) is 17.4. The number of hydrogen-bond acceptors (Lipinski definition) is 7. The molecular formula is C27H36ClN7S. The van der Waals surface area contributed by atoms with E-state index in [9.17, 15) is 0 Å². The van der Waals surface area contributed by atoms with Crippen LogP contribution in [0, 0.1) is 20.8 Å². The fourth-order valence-electron chi connectivity index (χ4n) is 5.05. The van der Waals surface area contributed by atoms with Crippen LogP contribution in [0.3, 0.4) is 0 Å². The molecule has 4 heterocycles. The zero-order valence-electron chi connectivity index (χ0n) is 21.7. The number of nitrogens with zero attached hydrogens (tertiary/aromatic N) is 6. The van der Waals surface area contributed by atoms with Gasteiger partial charge < -0.3 is 15.1 Å². The Bertz CT molecular complexity index is 1220. The molecule has 0 aliphatic carbocycles. The van der Waals surface area contributed by atoms with E-state index < -0.39 is 0 Å². The van der Waals surface area contributed by atoms with Gasteiger partial charge in [-0.3, -0.25) is 9.56 Å². The molecule has 0 saturated carbocycles. The minimum atomic E-state index is -0.0682. The molecule has 2 aromatic heterocycles. The molecule has 5 rings (SSSR count). The summed E-state index contributed by atoms with van der Waals surface area (Å²) in [4.78, 5) is 11.6. The number of rotatable bonds is 8. The van der Waals surface area contributed by atoms with Crippen molar-refractivity contribution in [1.29, 1.82) is 0 Å². The van der Waals surface area contributed by atoms with Crippen LogP contribution in [0.25, 0.3) is 5.00 Å². The molecular weight excluding hydrogens is 490 g/mol. The van der Waals surface area contributed by atoms with Gasteiger partial charge in [-0.1, -0.05) is 23.7 Å². The van der Waals surface area contributed by atoms with E-state index in [1.165, 1.54) is 53.6 Å². The van der Waals surface area contributed by atoms with Gasteiger partial charge in [0.2, 0.25) is 0 Å². The fraction of sp³-hybridized carbons (Fsp3) is 0.519. The van der Waals surface area contributed by atoms with Gasteiger partial charge >= 0.3 is 0 Å². The van der Waals surface area contributed by atoms with Gasteiger partial charge in [0.1, 0.15) is 16.9 Å². The first-order valence-electron chi connectivity index (χ1n) is 12.9. The quantitative estimate of drug-likeness (QED) is 0.441. The second kappa shape index (κ2) is 11.1. The van der Waals surface area contributed by atoms with Crippen LogP contribution < -0.4 is 5.32 Å². The molecule has 3 aromatic rings. The number of fused-ring (bicyclic) bond motifs is 3. The number of nitrogens with one attached hydrogen (secondary N) is 1. The van der Waals surface area contributed by atoms with Crippen LogP contribution in [0.2, 0.25) is 5.02 Å². The predicted octanol–water partition coefficient (Wildman–Crippen LogP) is 4.42. The van der Waals surface area contributed by atoms with Crippen molar-refractivity contribution in [2.24, 2.45) is 4.99 Å². The highest BCUT2D eigenvalue weighted by molar-refractivity contribution is 7.15. The summed E-state index contributed by atoms with van der Waals surface area (Å²) in [5, 5.41) is 14.6. The first-order valence-corrected chi connectivity index (χ1v) is 14.1. The summed E-state index contributed by atoms with van der Waals surface area (Å²) in [6, 6.07) is 7.97. The summed E-state index contributed by atoms with van der Waals surface area (Å²) in [6.07, 6.45) is 2.04. The Kier molecular flexibility index (Phi) is 7.88. The Labute approximate surface area is 223 Å². The predicted molar refractivity (Wildman–Crippen MR) is 149 cm³/mol. The van der Waals surface area contributed by atoms with E-state index >= 15 is 0 Å². The van der Waals surface area contributed by atoms with Crippen molar-refractivity contribution >= 4 is 28.6 Å². The molecule has 0 bridgehead atoms. The van der Waals surface area contributed by atoms with Gasteiger partial charge in [0, 0.05) is 47.2 Å². The number of aliphatic imine (C=N–C) groups is 1. The molecule has 0 spiro atoms. The summed E-state index contributed by atoms with van der Waals surface area (Å²) < 4.78 is 2.23. The van der Waals surface area contributed by atoms with E-state index in [2.05, 4.69) is 62.9 Å². The average Bonchev–Trinajstić information content (AvgIpc) is 3.34. The van der Waals surface area contributed by atoms with Crippen LogP contribution in [-0.2, 0) is 0 Å². The molecule has 192 valence electrons. The number of piperazine rings is 1. The SMILES string of the molecule is Cc1sc2c(c1C)C(c1ccc(Cl)cc1)=N[C@@H](CCNCCCN1CCN(C)CC1)c1nnc(C)n1-2. The van der Waals surface area contributed by atoms with Crippen LogP contribution in [-0.4, -0.2) is 83.1 Å². The molecule has 36 heavy (non-hydrogen) atoms. The lowest BCUT2D eigenvalue weighted by Crippen LogP contribution is -2.45. The van der Waals surface area contributed by atoms with Crippen molar-refractivity contribution in [2.75, 3.05) is 52.9 Å². The molecule has 2 aliphatic rings. The van der Waals surface area contributed by atoms with Crippen molar-refractivity contribution in [3.8, 4) is 5.00 Å². The maximum atomic E-state index is 6.22. The second-order valence-corrected chi connectivity index (χ2v) is 11.6. The highest BCUT2D eigenvalue weighted by Gasteiger charge is 2.31. The third kappa shape index (κ3) is 5.29. The van der Waals surface area contributed by atoms with Crippen molar-refractivity contribution in [3.05, 3.63) is 62.5 Å². The Hall–Kier alpha value is -2.10. The minimum Gasteiger partial charge on any atom is -0.317 e. The highest BCUT2D eigenvalue weighted by Crippen LogP contribution is 2.39. The summed E-state index contributed by atoms with van der Waals surface area (Å²) in [6.45, 7) is 14.2. The van der Waals surface area contributed by atoms with Gasteiger partial charge in [0.05, 0.1) is 5.71 Å². The average molecular weight is 526 g/mol. The van der Waals surface area contributed by atoms with Crippen LogP contribution in [0.4, 0.5) is 0 Å². The monoisotopic (exact) mass is 525 g/mol. The lowest BCUT2D eigenvalue weighted by molar-refractivity contribution is 0.153. The zero-order valence-corrected chi connectivity index (χ0v) is 23.3. The highest BCUT2D eigenvalue weighted by atomic mass is 35.5. The van der Waals surface area contributed by atoms with Crippen LogP contribution in [0.15, 0.2) is 29.3 Å². The number of aryl methyl sites for hydroxylation is 2. The Morgan fingerprint density at radius 2 is 1.78 bits per heavy atom. The number of hydrogen-bond donors (Lipinski definition) is 1. The summed E-state index contributed by atoms with van der Waals surface area (Å²) >= 11 is 8.01. The van der Waals surface area contributed by atoms with Crippen LogP contribution >= 0.6 is 22.9 Å². The van der Waals surface area contributed by atoms with Gasteiger partial charge in [-0.05, 0) is 78.0 Å². The van der Waals surface area contributed by atoms with Gasteiger partial charge in [-0.25, -0.2) is 0 Å². The topological polar surface area (TPSA) is 61.6 Å². The molecule has 1 aromatic carbocycles. The third-order valence-corrected chi connectivity index (χ3v) is 8.82. The van der Waals surface area contributed by atoms with E-state index in [1.54, 1.807) is 11.3 Å². The standard InChI is InChI=1S/C27H36ClN7S/c1-18-19(2)36-27-24(18)25(21-6-8-22(28)9-7-21)30-23(26-32-31-20(3)35(26)27)10-12-29-11-5-13-34-16-14-33(4)15-17-34/h6-9,23,29H,5,10-17H2,1-4H3/t23-/m0/s1. The van der Waals surface area contributed by atoms with Gasteiger partial charge in [0.15, 0.2) is 5.82 Å². The minimum absolute atomic E-state index is 0.0682. The second-order valence-electron chi connectivity index (χ2n) is 9.94. The lowest BCUT2D eigenvalue weighted by Gasteiger charge is -2.32. The summed E-state index contributed by atoms with van der Waals surface area (Å²) in [5.74, 6) is 1.84. The first kappa shape index (κ1) is 25.5. The molecule has 1 fully saturated rings. The maximum Gasteiger partial charge on any atom is 0.163 e. The molecule has 9 heteroatoms. The van der Waals surface area contributed by atoms with Crippen molar-refractivity contribution < 1.29 is 0 Å². The largest absolute Gasteiger partial charge is 0.317 e.